The van der Waals surface area contributed by atoms with E-state index >= 15 is 0 Å². The first-order valence-corrected chi connectivity index (χ1v) is 5.39. The van der Waals surface area contributed by atoms with Crippen molar-refractivity contribution >= 4 is 15.9 Å². The SMILES string of the molecule is OC(/C=C\CBr)Cc1ccccc1. The molecule has 0 spiro atoms. The van der Waals surface area contributed by atoms with Gasteiger partial charge in [0.05, 0.1) is 6.10 Å². The van der Waals surface area contributed by atoms with Crippen molar-refractivity contribution in [3.8, 4) is 0 Å². The molecular formula is C11H13BrO. The summed E-state index contributed by atoms with van der Waals surface area (Å²) in [5.41, 5.74) is 1.16. The summed E-state index contributed by atoms with van der Waals surface area (Å²) in [6.07, 6.45) is 4.03. The maximum atomic E-state index is 9.53. The molecule has 1 N–H and O–H groups in total. The Morgan fingerprint density at radius 2 is 2.00 bits per heavy atom. The van der Waals surface area contributed by atoms with Crippen LogP contribution in [0.3, 0.4) is 0 Å². The molecule has 1 aromatic carbocycles. The Morgan fingerprint density at radius 3 is 2.62 bits per heavy atom. The maximum absolute atomic E-state index is 9.53. The molecule has 0 saturated carbocycles. The van der Waals surface area contributed by atoms with Crippen molar-refractivity contribution in [2.24, 2.45) is 0 Å². The number of aliphatic hydroxyl groups is 1. The predicted molar refractivity (Wildman–Crippen MR) is 59.1 cm³/mol. The summed E-state index contributed by atoms with van der Waals surface area (Å²) in [6, 6.07) is 9.98. The summed E-state index contributed by atoms with van der Waals surface area (Å²) in [5.74, 6) is 0. The quantitative estimate of drug-likeness (QED) is 0.634. The molecule has 0 amide bonds. The van der Waals surface area contributed by atoms with Gasteiger partial charge in [-0.25, -0.2) is 0 Å². The third-order valence-corrected chi connectivity index (χ3v) is 2.11. The number of hydrogen-bond donors (Lipinski definition) is 1. The van der Waals surface area contributed by atoms with Gasteiger partial charge in [0, 0.05) is 11.8 Å². The lowest BCUT2D eigenvalue weighted by molar-refractivity contribution is 0.224. The van der Waals surface area contributed by atoms with Gasteiger partial charge in [-0.05, 0) is 5.56 Å². The van der Waals surface area contributed by atoms with Gasteiger partial charge < -0.3 is 5.11 Å². The third-order valence-electron chi connectivity index (χ3n) is 1.73. The molecule has 0 heterocycles. The lowest BCUT2D eigenvalue weighted by Crippen LogP contribution is -2.06. The Morgan fingerprint density at radius 1 is 1.31 bits per heavy atom. The van der Waals surface area contributed by atoms with E-state index in [2.05, 4.69) is 15.9 Å². The van der Waals surface area contributed by atoms with E-state index in [9.17, 15) is 5.11 Å². The lowest BCUT2D eigenvalue weighted by atomic mass is 10.1. The third kappa shape index (κ3) is 4.25. The van der Waals surface area contributed by atoms with Crippen LogP contribution in [-0.4, -0.2) is 16.5 Å². The molecule has 1 aromatic rings. The van der Waals surface area contributed by atoms with Crippen molar-refractivity contribution in [3.05, 3.63) is 48.0 Å². The molecule has 13 heavy (non-hydrogen) atoms. The van der Waals surface area contributed by atoms with E-state index in [0.717, 1.165) is 10.9 Å². The largest absolute Gasteiger partial charge is 0.389 e. The number of benzene rings is 1. The van der Waals surface area contributed by atoms with Gasteiger partial charge in [-0.15, -0.1) is 0 Å². The molecule has 70 valence electrons. The van der Waals surface area contributed by atoms with Crippen molar-refractivity contribution in [1.29, 1.82) is 0 Å². The van der Waals surface area contributed by atoms with Crippen LogP contribution in [0.4, 0.5) is 0 Å². The van der Waals surface area contributed by atoms with Crippen LogP contribution >= 0.6 is 15.9 Å². The monoisotopic (exact) mass is 240 g/mol. The van der Waals surface area contributed by atoms with Gasteiger partial charge in [0.25, 0.3) is 0 Å². The zero-order valence-electron chi connectivity index (χ0n) is 7.36. The van der Waals surface area contributed by atoms with Crippen LogP contribution in [-0.2, 0) is 6.42 Å². The van der Waals surface area contributed by atoms with Crippen LogP contribution in [0, 0.1) is 0 Å². The fourth-order valence-electron chi connectivity index (χ4n) is 1.13. The van der Waals surface area contributed by atoms with Crippen LogP contribution < -0.4 is 0 Å². The van der Waals surface area contributed by atoms with Gasteiger partial charge in [0.1, 0.15) is 0 Å². The van der Waals surface area contributed by atoms with Gasteiger partial charge >= 0.3 is 0 Å². The highest BCUT2D eigenvalue weighted by Gasteiger charge is 1.99. The number of allylic oxidation sites excluding steroid dienone is 1. The van der Waals surface area contributed by atoms with Gasteiger partial charge in [-0.2, -0.15) is 0 Å². The summed E-state index contributed by atoms with van der Waals surface area (Å²) in [7, 11) is 0. The van der Waals surface area contributed by atoms with Crippen molar-refractivity contribution in [2.45, 2.75) is 12.5 Å². The van der Waals surface area contributed by atoms with E-state index in [1.165, 1.54) is 0 Å². The molecule has 0 bridgehead atoms. The number of hydrogen-bond acceptors (Lipinski definition) is 1. The van der Waals surface area contributed by atoms with Crippen LogP contribution in [0.5, 0.6) is 0 Å². The Bertz CT molecular complexity index is 256. The minimum atomic E-state index is -0.375. The van der Waals surface area contributed by atoms with E-state index in [1.54, 1.807) is 0 Å². The smallest absolute Gasteiger partial charge is 0.0761 e. The molecule has 0 radical (unpaired) electrons. The van der Waals surface area contributed by atoms with Crippen LogP contribution in [0.25, 0.3) is 0 Å². The Kier molecular flexibility index (Phi) is 4.79. The highest BCUT2D eigenvalue weighted by atomic mass is 79.9. The molecule has 1 atom stereocenters. The molecule has 0 aliphatic heterocycles. The van der Waals surface area contributed by atoms with Gasteiger partial charge in [0.2, 0.25) is 0 Å². The van der Waals surface area contributed by atoms with Crippen molar-refractivity contribution in [3.63, 3.8) is 0 Å². The Labute approximate surface area is 87.2 Å². The highest BCUT2D eigenvalue weighted by molar-refractivity contribution is 9.09. The molecule has 0 aromatic heterocycles. The minimum absolute atomic E-state index is 0.375. The lowest BCUT2D eigenvalue weighted by Gasteiger charge is -2.04. The van der Waals surface area contributed by atoms with Crippen molar-refractivity contribution in [2.75, 3.05) is 5.33 Å². The summed E-state index contributed by atoms with van der Waals surface area (Å²) >= 11 is 3.27. The average molecular weight is 241 g/mol. The molecule has 2 heteroatoms. The molecule has 1 nitrogen and oxygen atoms in total. The molecule has 0 aliphatic carbocycles. The second-order valence-electron chi connectivity index (χ2n) is 2.84. The average Bonchev–Trinajstić information content (AvgIpc) is 2.16. The van der Waals surface area contributed by atoms with Gasteiger partial charge in [0.15, 0.2) is 0 Å². The molecule has 0 saturated heterocycles. The maximum Gasteiger partial charge on any atom is 0.0761 e. The van der Waals surface area contributed by atoms with E-state index in [0.29, 0.717) is 6.42 Å². The van der Waals surface area contributed by atoms with Crippen molar-refractivity contribution < 1.29 is 5.11 Å². The summed E-state index contributed by atoms with van der Waals surface area (Å²) < 4.78 is 0. The van der Waals surface area contributed by atoms with Crippen molar-refractivity contribution in [1.82, 2.24) is 0 Å². The van der Waals surface area contributed by atoms with Crippen LogP contribution in [0.2, 0.25) is 0 Å². The summed E-state index contributed by atoms with van der Waals surface area (Å²) in [4.78, 5) is 0. The Balaban J connectivity index is 2.45. The first-order valence-electron chi connectivity index (χ1n) is 4.27. The molecule has 1 rings (SSSR count). The Hall–Kier alpha value is -0.600. The molecule has 0 fully saturated rings. The van der Waals surface area contributed by atoms with Crippen LogP contribution in [0.1, 0.15) is 5.56 Å². The van der Waals surface area contributed by atoms with E-state index < -0.39 is 0 Å². The number of rotatable bonds is 4. The zero-order valence-corrected chi connectivity index (χ0v) is 8.94. The minimum Gasteiger partial charge on any atom is -0.389 e. The standard InChI is InChI=1S/C11H13BrO/c12-8-4-7-11(13)9-10-5-2-1-3-6-10/h1-7,11,13H,8-9H2/b7-4-. The second-order valence-corrected chi connectivity index (χ2v) is 3.49. The van der Waals surface area contributed by atoms with Gasteiger partial charge in [-0.1, -0.05) is 58.4 Å². The summed E-state index contributed by atoms with van der Waals surface area (Å²) in [5, 5.41) is 10.3. The number of aliphatic hydroxyl groups excluding tert-OH is 1. The topological polar surface area (TPSA) is 20.2 Å². The van der Waals surface area contributed by atoms with Gasteiger partial charge in [-0.3, -0.25) is 0 Å². The fourth-order valence-corrected chi connectivity index (χ4v) is 1.35. The van der Waals surface area contributed by atoms with E-state index in [-0.39, 0.29) is 6.10 Å². The summed E-state index contributed by atoms with van der Waals surface area (Å²) in [6.45, 7) is 0. The first-order chi connectivity index (χ1) is 6.33. The number of halogens is 1. The zero-order chi connectivity index (χ0) is 9.52. The first kappa shape index (κ1) is 10.5. The van der Waals surface area contributed by atoms with E-state index in [4.69, 9.17) is 0 Å². The second kappa shape index (κ2) is 5.95. The van der Waals surface area contributed by atoms with Crippen LogP contribution in [0.15, 0.2) is 42.5 Å². The fraction of sp³-hybridized carbons (Fsp3) is 0.273. The number of alkyl halides is 1. The molecular weight excluding hydrogens is 228 g/mol. The highest BCUT2D eigenvalue weighted by Crippen LogP contribution is 2.03. The molecule has 0 aliphatic rings. The predicted octanol–water partition coefficient (Wildman–Crippen LogP) is 2.54. The van der Waals surface area contributed by atoms with E-state index in [1.807, 2.05) is 42.5 Å². The normalized spacial score (nSPS) is 13.4. The molecule has 1 unspecified atom stereocenters.